The van der Waals surface area contributed by atoms with Gasteiger partial charge in [-0.2, -0.15) is 0 Å². The van der Waals surface area contributed by atoms with E-state index in [1.165, 1.54) is 0 Å². The maximum absolute atomic E-state index is 12.4. The van der Waals surface area contributed by atoms with Gasteiger partial charge in [0.05, 0.1) is 23.3 Å². The molecule has 0 saturated heterocycles. The number of amides is 1. The Kier molecular flexibility index (Phi) is 4.52. The second-order valence-corrected chi connectivity index (χ2v) is 6.24. The van der Waals surface area contributed by atoms with Gasteiger partial charge in [0.25, 0.3) is 5.91 Å². The Morgan fingerprint density at radius 2 is 1.85 bits per heavy atom. The zero-order chi connectivity index (χ0) is 18.8. The number of aromatic nitrogens is 1. The number of fused-ring (bicyclic) bond motifs is 1. The second kappa shape index (κ2) is 7.13. The molecule has 0 aliphatic heterocycles. The third kappa shape index (κ3) is 3.37. The Morgan fingerprint density at radius 1 is 1.07 bits per heavy atom. The van der Waals surface area contributed by atoms with Gasteiger partial charge in [0.1, 0.15) is 11.3 Å². The van der Waals surface area contributed by atoms with E-state index in [1.54, 1.807) is 49.6 Å². The van der Waals surface area contributed by atoms with Crippen LogP contribution in [0, 0.1) is 0 Å². The lowest BCUT2D eigenvalue weighted by Gasteiger charge is -2.06. The van der Waals surface area contributed by atoms with Crippen LogP contribution in [0.2, 0.25) is 5.02 Å². The van der Waals surface area contributed by atoms with Crippen LogP contribution in [0.3, 0.4) is 0 Å². The molecule has 3 aromatic carbocycles. The average molecular weight is 379 g/mol. The van der Waals surface area contributed by atoms with Crippen LogP contribution in [0.25, 0.3) is 22.6 Å². The number of carbonyl (C=O) groups is 1. The minimum atomic E-state index is -0.288. The van der Waals surface area contributed by atoms with Crippen molar-refractivity contribution in [2.45, 2.75) is 0 Å². The first-order valence-corrected chi connectivity index (χ1v) is 8.63. The Balaban J connectivity index is 1.65. The highest BCUT2D eigenvalue weighted by Crippen LogP contribution is 2.32. The fourth-order valence-corrected chi connectivity index (χ4v) is 3.00. The predicted molar refractivity (Wildman–Crippen MR) is 105 cm³/mol. The van der Waals surface area contributed by atoms with Crippen molar-refractivity contribution in [1.82, 2.24) is 4.98 Å². The van der Waals surface area contributed by atoms with Crippen LogP contribution in [0.15, 0.2) is 71.1 Å². The van der Waals surface area contributed by atoms with Crippen molar-refractivity contribution in [1.29, 1.82) is 0 Å². The number of carbonyl (C=O) groups excluding carboxylic acids is 1. The van der Waals surface area contributed by atoms with E-state index in [1.807, 2.05) is 24.3 Å². The zero-order valence-electron chi connectivity index (χ0n) is 14.4. The second-order valence-electron chi connectivity index (χ2n) is 5.84. The summed E-state index contributed by atoms with van der Waals surface area (Å²) in [6.07, 6.45) is 0. The quantitative estimate of drug-likeness (QED) is 0.515. The molecule has 1 N–H and O–H groups in total. The fourth-order valence-electron chi connectivity index (χ4n) is 2.78. The summed E-state index contributed by atoms with van der Waals surface area (Å²) in [4.78, 5) is 16.9. The van der Waals surface area contributed by atoms with Crippen LogP contribution >= 0.6 is 11.6 Å². The summed E-state index contributed by atoms with van der Waals surface area (Å²) in [6, 6.07) is 19.7. The zero-order valence-corrected chi connectivity index (χ0v) is 15.2. The molecule has 4 aromatic rings. The average Bonchev–Trinajstić information content (AvgIpc) is 3.11. The van der Waals surface area contributed by atoms with E-state index in [0.29, 0.717) is 39.0 Å². The maximum atomic E-state index is 12.4. The molecular formula is C21H15ClN2O3. The molecule has 6 heteroatoms. The fraction of sp³-hybridized carbons (Fsp3) is 0.0476. The lowest BCUT2D eigenvalue weighted by molar-refractivity contribution is 0.102. The SMILES string of the molecule is COc1ccccc1-c1nc2ccc(NC(=O)c3ccccc3Cl)cc2o1. The minimum Gasteiger partial charge on any atom is -0.496 e. The van der Waals surface area contributed by atoms with E-state index >= 15 is 0 Å². The molecule has 27 heavy (non-hydrogen) atoms. The van der Waals surface area contributed by atoms with Crippen LogP contribution in [0.4, 0.5) is 5.69 Å². The van der Waals surface area contributed by atoms with E-state index < -0.39 is 0 Å². The van der Waals surface area contributed by atoms with Crippen LogP contribution in [0.5, 0.6) is 5.75 Å². The number of hydrogen-bond donors (Lipinski definition) is 1. The summed E-state index contributed by atoms with van der Waals surface area (Å²) < 4.78 is 11.2. The molecule has 0 saturated carbocycles. The number of rotatable bonds is 4. The number of oxazole rings is 1. The Bertz CT molecular complexity index is 1140. The van der Waals surface area contributed by atoms with E-state index in [-0.39, 0.29) is 5.91 Å². The van der Waals surface area contributed by atoms with Gasteiger partial charge in [0, 0.05) is 11.8 Å². The topological polar surface area (TPSA) is 64.4 Å². The highest BCUT2D eigenvalue weighted by atomic mass is 35.5. The molecule has 1 heterocycles. The summed E-state index contributed by atoms with van der Waals surface area (Å²) in [5.74, 6) is 0.845. The van der Waals surface area contributed by atoms with Crippen LogP contribution < -0.4 is 10.1 Å². The summed E-state index contributed by atoms with van der Waals surface area (Å²) in [6.45, 7) is 0. The monoisotopic (exact) mass is 378 g/mol. The van der Waals surface area contributed by atoms with Crippen molar-refractivity contribution in [3.8, 4) is 17.2 Å². The number of anilines is 1. The van der Waals surface area contributed by atoms with Gasteiger partial charge in [-0.1, -0.05) is 35.9 Å². The third-order valence-corrected chi connectivity index (χ3v) is 4.43. The molecule has 4 rings (SSSR count). The number of nitrogens with one attached hydrogen (secondary N) is 1. The number of ether oxygens (including phenoxy) is 1. The summed E-state index contributed by atoms with van der Waals surface area (Å²) in [5.41, 5.74) is 3.01. The van der Waals surface area contributed by atoms with Gasteiger partial charge in [-0.25, -0.2) is 4.98 Å². The summed E-state index contributed by atoms with van der Waals surface area (Å²) >= 11 is 6.08. The summed E-state index contributed by atoms with van der Waals surface area (Å²) in [7, 11) is 1.60. The van der Waals surface area contributed by atoms with Crippen LogP contribution in [0.1, 0.15) is 10.4 Å². The van der Waals surface area contributed by atoms with Gasteiger partial charge < -0.3 is 14.5 Å². The smallest absolute Gasteiger partial charge is 0.257 e. The first kappa shape index (κ1) is 17.1. The molecule has 1 amide bonds. The number of para-hydroxylation sites is 1. The number of hydrogen-bond acceptors (Lipinski definition) is 4. The van der Waals surface area contributed by atoms with Gasteiger partial charge >= 0.3 is 0 Å². The third-order valence-electron chi connectivity index (χ3n) is 4.10. The molecule has 0 aliphatic carbocycles. The predicted octanol–water partition coefficient (Wildman–Crippen LogP) is 5.41. The Labute approximate surface area is 160 Å². The number of methoxy groups -OCH3 is 1. The van der Waals surface area contributed by atoms with E-state index in [0.717, 1.165) is 5.56 Å². The first-order valence-electron chi connectivity index (χ1n) is 8.25. The Morgan fingerprint density at radius 3 is 2.67 bits per heavy atom. The number of benzene rings is 3. The highest BCUT2D eigenvalue weighted by Gasteiger charge is 2.14. The van der Waals surface area contributed by atoms with Crippen molar-refractivity contribution in [3.63, 3.8) is 0 Å². The molecule has 0 unspecified atom stereocenters. The largest absolute Gasteiger partial charge is 0.496 e. The molecule has 0 fully saturated rings. The number of nitrogens with zero attached hydrogens (tertiary/aromatic N) is 1. The van der Waals surface area contributed by atoms with Crippen molar-refractivity contribution in [2.24, 2.45) is 0 Å². The maximum Gasteiger partial charge on any atom is 0.257 e. The summed E-state index contributed by atoms with van der Waals surface area (Å²) in [5, 5.41) is 3.22. The first-order chi connectivity index (χ1) is 13.2. The molecular weight excluding hydrogens is 364 g/mol. The van der Waals surface area contributed by atoms with Gasteiger partial charge in [-0.15, -0.1) is 0 Å². The molecule has 0 bridgehead atoms. The van der Waals surface area contributed by atoms with Crippen LogP contribution in [-0.2, 0) is 0 Å². The van der Waals surface area contributed by atoms with E-state index in [2.05, 4.69) is 10.3 Å². The molecule has 0 aliphatic rings. The lowest BCUT2D eigenvalue weighted by atomic mass is 10.2. The van der Waals surface area contributed by atoms with Crippen LogP contribution in [-0.4, -0.2) is 18.0 Å². The Hall–Kier alpha value is -3.31. The van der Waals surface area contributed by atoms with Crippen molar-refractivity contribution in [3.05, 3.63) is 77.3 Å². The van der Waals surface area contributed by atoms with E-state index in [9.17, 15) is 4.79 Å². The number of halogens is 1. The van der Waals surface area contributed by atoms with Gasteiger partial charge in [-0.05, 0) is 36.4 Å². The van der Waals surface area contributed by atoms with Crippen molar-refractivity contribution < 1.29 is 13.9 Å². The normalized spacial score (nSPS) is 10.7. The molecule has 134 valence electrons. The van der Waals surface area contributed by atoms with Crippen molar-refractivity contribution in [2.75, 3.05) is 12.4 Å². The van der Waals surface area contributed by atoms with Crippen molar-refractivity contribution >= 4 is 34.3 Å². The molecule has 5 nitrogen and oxygen atoms in total. The highest BCUT2D eigenvalue weighted by molar-refractivity contribution is 6.34. The van der Waals surface area contributed by atoms with E-state index in [4.69, 9.17) is 20.8 Å². The van der Waals surface area contributed by atoms with Gasteiger partial charge in [0.15, 0.2) is 5.58 Å². The molecule has 1 aromatic heterocycles. The lowest BCUT2D eigenvalue weighted by Crippen LogP contribution is -2.12. The molecule has 0 radical (unpaired) electrons. The van der Waals surface area contributed by atoms with Gasteiger partial charge in [0.2, 0.25) is 5.89 Å². The van der Waals surface area contributed by atoms with Gasteiger partial charge in [-0.3, -0.25) is 4.79 Å². The molecule has 0 spiro atoms. The molecule has 0 atom stereocenters. The minimum absolute atomic E-state index is 0.288. The standard InChI is InChI=1S/C21H15ClN2O3/c1-26-18-9-5-3-7-15(18)21-24-17-11-10-13(12-19(17)27-21)23-20(25)14-6-2-4-8-16(14)22/h2-12H,1H3,(H,23,25).